The molecular weight excluding hydrogens is 978 g/mol. The van der Waals surface area contributed by atoms with E-state index in [1.54, 1.807) is 0 Å². The topological polar surface area (TPSA) is 0 Å². The minimum Gasteiger partial charge on any atom is -0.200 e. The third-order valence-corrected chi connectivity index (χ3v) is 9.18. The predicted octanol–water partition coefficient (Wildman–Crippen LogP) is 13.1. The molecule has 0 aromatic heterocycles. The van der Waals surface area contributed by atoms with E-state index in [2.05, 4.69) is 0 Å². The molecule has 0 heterocycles. The van der Waals surface area contributed by atoms with Crippen molar-refractivity contribution in [1.82, 2.24) is 0 Å². The van der Waals surface area contributed by atoms with Gasteiger partial charge in [0.05, 0.1) is 0 Å². The van der Waals surface area contributed by atoms with E-state index in [1.165, 1.54) is 0 Å². The molecule has 0 fully saturated rings. The first-order chi connectivity index (χ1) is 23.0. The van der Waals surface area contributed by atoms with Crippen LogP contribution in [0.5, 0.6) is 0 Å². The van der Waals surface area contributed by atoms with Crippen LogP contribution in [0.4, 0.5) is 145 Å². The zero-order chi connectivity index (χ0) is 45.9. The summed E-state index contributed by atoms with van der Waals surface area (Å²) >= 11 is 14.6. The normalized spacial score (nSPS) is 17.2. The lowest BCUT2D eigenvalue weighted by atomic mass is 9.82. The zero-order valence-corrected chi connectivity index (χ0v) is 26.8. The summed E-state index contributed by atoms with van der Waals surface area (Å²) in [6.07, 6.45) is -11.6. The maximum Gasteiger partial charge on any atom is 0.460 e. The van der Waals surface area contributed by atoms with Crippen molar-refractivity contribution in [1.29, 1.82) is 0 Å². The smallest absolute Gasteiger partial charge is 0.200 e. The Morgan fingerprint density at radius 1 is 0.236 bits per heavy atom. The van der Waals surface area contributed by atoms with Gasteiger partial charge in [-0.1, -0.05) is 0 Å². The molecule has 0 aliphatic rings. The fraction of sp³-hybridized carbons (Fsp3) is 1.00. The highest BCUT2D eigenvalue weighted by molar-refractivity contribution is 7.64. The first-order valence-electron chi connectivity index (χ1n) is 11.8. The summed E-state index contributed by atoms with van der Waals surface area (Å²) in [6, 6.07) is -6.95. The highest BCUT2D eigenvalue weighted by Gasteiger charge is 3.01. The summed E-state index contributed by atoms with van der Waals surface area (Å²) in [4.78, 5) is 0. The van der Waals surface area contributed by atoms with Crippen molar-refractivity contribution in [2.24, 2.45) is 0 Å². The van der Waals surface area contributed by atoms with E-state index >= 15 is 0 Å². The standard InChI is InChI=1S/C18H4Cl3F33Si/c19-55(20,21)2-1-3(22,23)4(24,25)5(26,27)6(28,29)7(30,31)8(32,33)9(34,35)10(36,37)11(38,39)12(40,41)13(42,43)14(44,45)15(46,47)16(48,49)17(50,51)18(52,53)54/h1-2H2. The van der Waals surface area contributed by atoms with Gasteiger partial charge >= 0.3 is 101 Å². The van der Waals surface area contributed by atoms with E-state index in [0.717, 1.165) is 0 Å². The Balaban J connectivity index is 7.67. The summed E-state index contributed by atoms with van der Waals surface area (Å²) in [5.74, 6) is -143. The lowest BCUT2D eigenvalue weighted by molar-refractivity contribution is -0.491. The second-order valence-corrected chi connectivity index (χ2v) is 19.6. The van der Waals surface area contributed by atoms with E-state index in [-0.39, 0.29) is 0 Å². The average Bonchev–Trinajstić information content (AvgIpc) is 2.93. The summed E-state index contributed by atoms with van der Waals surface area (Å²) < 4.78 is 447. The Bertz CT molecular complexity index is 1390. The Labute approximate surface area is 292 Å². The molecule has 0 aliphatic heterocycles. The second kappa shape index (κ2) is 13.4. The van der Waals surface area contributed by atoms with E-state index in [4.69, 9.17) is 33.2 Å². The lowest BCUT2D eigenvalue weighted by Crippen LogP contribution is -2.80. The molecule has 0 saturated heterocycles. The SMILES string of the molecule is FC(F)(F)C(F)(F)C(F)(F)C(F)(F)C(F)(F)C(F)(F)C(F)(F)C(F)(F)C(F)(F)C(F)(F)C(F)(F)C(F)(F)C(F)(F)C(F)(F)C(F)(F)C(F)(F)CC[Si](Cl)(Cl)Cl. The molecule has 55 heavy (non-hydrogen) atoms. The molecule has 0 aliphatic carbocycles. The molecule has 0 aromatic carbocycles. The van der Waals surface area contributed by atoms with Crippen LogP contribution in [-0.4, -0.2) is 101 Å². The number of halogens is 36. The average molecular weight is 982 g/mol. The summed E-state index contributed by atoms with van der Waals surface area (Å²) in [6.45, 7) is 0. The molecular formula is C18H4Cl3F33Si. The summed E-state index contributed by atoms with van der Waals surface area (Å²) in [5, 5.41) is 0. The van der Waals surface area contributed by atoms with Gasteiger partial charge in [0.25, 0.3) is 0 Å². The lowest BCUT2D eigenvalue weighted by Gasteiger charge is -2.47. The van der Waals surface area contributed by atoms with Gasteiger partial charge in [0.2, 0.25) is 0 Å². The van der Waals surface area contributed by atoms with Gasteiger partial charge in [0.1, 0.15) is 0 Å². The zero-order valence-electron chi connectivity index (χ0n) is 23.5. The molecule has 0 amide bonds. The van der Waals surface area contributed by atoms with Gasteiger partial charge in [-0.25, -0.2) is 0 Å². The van der Waals surface area contributed by atoms with Crippen molar-refractivity contribution < 1.29 is 145 Å². The van der Waals surface area contributed by atoms with Crippen molar-refractivity contribution in [3.05, 3.63) is 0 Å². The first kappa shape index (κ1) is 53.8. The molecule has 0 radical (unpaired) electrons. The summed E-state index contributed by atoms with van der Waals surface area (Å²) in [5.41, 5.74) is 0. The van der Waals surface area contributed by atoms with E-state index in [0.29, 0.717) is 0 Å². The first-order valence-corrected chi connectivity index (χ1v) is 17.0. The van der Waals surface area contributed by atoms with Crippen LogP contribution in [0.25, 0.3) is 0 Å². The summed E-state index contributed by atoms with van der Waals surface area (Å²) in [7, 11) is 0. The molecule has 0 aromatic rings. The molecule has 0 atom stereocenters. The fourth-order valence-corrected chi connectivity index (χ4v) is 4.68. The Morgan fingerprint density at radius 3 is 0.527 bits per heavy atom. The minimum atomic E-state index is -10.2. The van der Waals surface area contributed by atoms with Gasteiger partial charge in [0.15, 0.2) is 0 Å². The van der Waals surface area contributed by atoms with Crippen molar-refractivity contribution in [2.75, 3.05) is 0 Å². The molecule has 0 rings (SSSR count). The molecule has 0 saturated carbocycles. The molecule has 0 spiro atoms. The fourth-order valence-electron chi connectivity index (χ4n) is 3.23. The van der Waals surface area contributed by atoms with E-state index in [9.17, 15) is 145 Å². The maximum absolute atomic E-state index is 13.9. The number of rotatable bonds is 17. The molecule has 332 valence electrons. The minimum absolute atomic E-state index is 2.12. The van der Waals surface area contributed by atoms with Crippen LogP contribution in [0, 0.1) is 0 Å². The molecule has 0 nitrogen and oxygen atoms in total. The van der Waals surface area contributed by atoms with Crippen molar-refractivity contribution in [2.45, 2.75) is 107 Å². The third kappa shape index (κ3) is 6.87. The maximum atomic E-state index is 13.9. The molecule has 37 heteroatoms. The van der Waals surface area contributed by atoms with Crippen LogP contribution in [0.1, 0.15) is 6.42 Å². The van der Waals surface area contributed by atoms with Crippen molar-refractivity contribution >= 4 is 39.2 Å². The van der Waals surface area contributed by atoms with Crippen LogP contribution < -0.4 is 0 Å². The van der Waals surface area contributed by atoms with Crippen LogP contribution in [0.15, 0.2) is 0 Å². The van der Waals surface area contributed by atoms with Gasteiger partial charge in [-0.15, -0.1) is 33.2 Å². The van der Waals surface area contributed by atoms with Gasteiger partial charge < -0.3 is 0 Å². The Kier molecular flexibility index (Phi) is 13.1. The Hall–Kier alpha value is -1.22. The highest BCUT2D eigenvalue weighted by atomic mass is 35.8. The quantitative estimate of drug-likeness (QED) is 0.0774. The Morgan fingerprint density at radius 2 is 0.382 bits per heavy atom. The molecule has 0 unspecified atom stereocenters. The largest absolute Gasteiger partial charge is 0.460 e. The third-order valence-electron chi connectivity index (χ3n) is 6.66. The monoisotopic (exact) mass is 980 g/mol. The predicted molar refractivity (Wildman–Crippen MR) is 113 cm³/mol. The highest BCUT2D eigenvalue weighted by Crippen LogP contribution is 2.70. The van der Waals surface area contributed by atoms with Gasteiger partial charge in [-0.2, -0.15) is 145 Å². The van der Waals surface area contributed by atoms with Crippen LogP contribution >= 0.6 is 33.2 Å². The van der Waals surface area contributed by atoms with Crippen LogP contribution in [0.3, 0.4) is 0 Å². The molecule has 0 N–H and O–H groups in total. The van der Waals surface area contributed by atoms with Crippen LogP contribution in [-0.2, 0) is 0 Å². The van der Waals surface area contributed by atoms with Gasteiger partial charge in [-0.3, -0.25) is 0 Å². The molecule has 0 bridgehead atoms. The number of alkyl halides is 33. The second-order valence-electron chi connectivity index (χ2n) is 10.4. The van der Waals surface area contributed by atoms with Gasteiger partial charge in [0, 0.05) is 6.42 Å². The van der Waals surface area contributed by atoms with E-state index < -0.39 is 113 Å². The van der Waals surface area contributed by atoms with E-state index in [1.807, 2.05) is 0 Å². The number of hydrogen-bond donors (Lipinski definition) is 0. The van der Waals surface area contributed by atoms with Crippen LogP contribution in [0.2, 0.25) is 6.04 Å². The van der Waals surface area contributed by atoms with Crippen molar-refractivity contribution in [3.8, 4) is 0 Å². The number of hydrogen-bond acceptors (Lipinski definition) is 0. The van der Waals surface area contributed by atoms with Gasteiger partial charge in [-0.05, 0) is 6.04 Å². The van der Waals surface area contributed by atoms with Crippen molar-refractivity contribution in [3.63, 3.8) is 0 Å².